The molecule has 2 bridgehead atoms. The van der Waals surface area contributed by atoms with E-state index in [1.165, 1.54) is 19.6 Å². The van der Waals surface area contributed by atoms with Gasteiger partial charge in [-0.1, -0.05) is 0 Å². The van der Waals surface area contributed by atoms with Crippen molar-refractivity contribution in [1.82, 2.24) is 14.0 Å². The van der Waals surface area contributed by atoms with Crippen LogP contribution in [0, 0.1) is 5.41 Å². The van der Waals surface area contributed by atoms with E-state index in [9.17, 15) is 0 Å². The van der Waals surface area contributed by atoms with E-state index in [0.29, 0.717) is 5.41 Å². The molecule has 0 aromatic carbocycles. The predicted molar refractivity (Wildman–Crippen MR) is 58.7 cm³/mol. The summed E-state index contributed by atoms with van der Waals surface area (Å²) in [4.78, 5) is 0. The number of hydrogen-bond donors (Lipinski definition) is 0. The maximum absolute atomic E-state index is 3.44. The molecule has 0 saturated carbocycles. The third kappa shape index (κ3) is 1.31. The Balaban J connectivity index is 2.42. The zero-order valence-corrected chi connectivity index (χ0v) is 11.4. The molecule has 5 heteroatoms. The summed E-state index contributed by atoms with van der Waals surface area (Å²) in [7, 11) is 6.73. The molecule has 0 radical (unpaired) electrons. The van der Waals surface area contributed by atoms with Crippen molar-refractivity contribution < 1.29 is 0 Å². The Morgan fingerprint density at radius 1 is 1.00 bits per heavy atom. The van der Waals surface area contributed by atoms with Crippen LogP contribution in [0.15, 0.2) is 0 Å². The van der Waals surface area contributed by atoms with Gasteiger partial charge in [-0.3, -0.25) is 0 Å². The molecule has 0 unspecified atom stereocenters. The van der Waals surface area contributed by atoms with Crippen molar-refractivity contribution in [2.45, 2.75) is 6.92 Å². The number of hydrogen-bond acceptors (Lipinski definition) is 3. The van der Waals surface area contributed by atoms with E-state index in [2.05, 4.69) is 57.2 Å². The Hall–Kier alpha value is 0.829. The van der Waals surface area contributed by atoms with Gasteiger partial charge in [0.05, 0.1) is 0 Å². The van der Waals surface area contributed by atoms with Crippen LogP contribution in [0.3, 0.4) is 0 Å². The van der Waals surface area contributed by atoms with Gasteiger partial charge < -0.3 is 0 Å². The van der Waals surface area contributed by atoms with Crippen LogP contribution in [0.1, 0.15) is 6.92 Å². The van der Waals surface area contributed by atoms with Gasteiger partial charge in [-0.15, -0.1) is 0 Å². The SMILES string of the molecule is CN1CC2(C)CN(C)P1(=[Se])N(C)C2. The van der Waals surface area contributed by atoms with Crippen molar-refractivity contribution in [3.8, 4) is 0 Å². The van der Waals surface area contributed by atoms with Gasteiger partial charge in [-0.2, -0.15) is 0 Å². The number of fused-ring (bicyclic) bond motifs is 3. The van der Waals surface area contributed by atoms with Crippen LogP contribution in [0.2, 0.25) is 0 Å². The molecule has 0 aromatic rings. The molecular weight excluding hydrogens is 248 g/mol. The standard InChI is InChI=1S/C8H18N3PSe/c1-8-5-9(2)12(13,10(3)6-8)11(4)7-8/h5-7H2,1-4H3. The summed E-state index contributed by atoms with van der Waals surface area (Å²) >= 11 is 3.44. The fraction of sp³-hybridized carbons (Fsp3) is 1.00. The summed E-state index contributed by atoms with van der Waals surface area (Å²) in [5.41, 5.74) is 0.462. The second-order valence-corrected chi connectivity index (χ2v) is 10.9. The molecule has 0 aliphatic carbocycles. The molecular formula is C8H18N3PSe. The van der Waals surface area contributed by atoms with Crippen molar-refractivity contribution in [1.29, 1.82) is 0 Å². The summed E-state index contributed by atoms with van der Waals surface area (Å²) in [6.45, 7) is 6.10. The Morgan fingerprint density at radius 3 is 1.62 bits per heavy atom. The van der Waals surface area contributed by atoms with Crippen molar-refractivity contribution >= 4 is 21.1 Å². The van der Waals surface area contributed by atoms with Gasteiger partial charge in [0.15, 0.2) is 0 Å². The van der Waals surface area contributed by atoms with Gasteiger partial charge in [0.25, 0.3) is 0 Å². The minimum absolute atomic E-state index is 0.462. The van der Waals surface area contributed by atoms with Gasteiger partial charge in [-0.05, 0) is 0 Å². The van der Waals surface area contributed by atoms with E-state index in [1.807, 2.05) is 0 Å². The predicted octanol–water partition coefficient (Wildman–Crippen LogP) is 0.661. The Morgan fingerprint density at radius 2 is 1.31 bits per heavy atom. The minimum atomic E-state index is -1.22. The van der Waals surface area contributed by atoms with Crippen molar-refractivity contribution in [2.75, 3.05) is 40.8 Å². The van der Waals surface area contributed by atoms with Gasteiger partial charge in [0.1, 0.15) is 0 Å². The molecule has 3 saturated heterocycles. The molecule has 13 heavy (non-hydrogen) atoms. The zero-order chi connectivity index (χ0) is 9.85. The van der Waals surface area contributed by atoms with Crippen molar-refractivity contribution in [3.05, 3.63) is 0 Å². The first-order chi connectivity index (χ1) is 5.88. The van der Waals surface area contributed by atoms with Crippen LogP contribution < -0.4 is 0 Å². The fourth-order valence-corrected chi connectivity index (χ4v) is 7.10. The molecule has 0 aromatic heterocycles. The van der Waals surface area contributed by atoms with Crippen LogP contribution in [0.4, 0.5) is 0 Å². The van der Waals surface area contributed by atoms with E-state index < -0.39 is 5.96 Å². The molecule has 3 heterocycles. The molecule has 0 spiro atoms. The molecule has 0 N–H and O–H groups in total. The Labute approximate surface area is 88.4 Å². The summed E-state index contributed by atoms with van der Waals surface area (Å²) in [5, 5.41) is 0. The normalized spacial score (nSPS) is 48.6. The Bertz CT molecular complexity index is 240. The number of rotatable bonds is 0. The van der Waals surface area contributed by atoms with Crippen molar-refractivity contribution in [3.63, 3.8) is 0 Å². The van der Waals surface area contributed by atoms with Crippen LogP contribution in [-0.4, -0.2) is 69.9 Å². The van der Waals surface area contributed by atoms with Crippen LogP contribution in [0.5, 0.6) is 0 Å². The molecule has 76 valence electrons. The third-order valence-corrected chi connectivity index (χ3v) is 11.5. The summed E-state index contributed by atoms with van der Waals surface area (Å²) in [5.74, 6) is -1.22. The molecule has 3 rings (SSSR count). The fourth-order valence-electron chi connectivity index (χ4n) is 2.87. The Kier molecular flexibility index (Phi) is 2.32. The summed E-state index contributed by atoms with van der Waals surface area (Å²) in [6.07, 6.45) is 0. The molecule has 3 aliphatic rings. The zero-order valence-electron chi connectivity index (χ0n) is 8.82. The van der Waals surface area contributed by atoms with Crippen LogP contribution in [0.25, 0.3) is 0 Å². The first-order valence-electron chi connectivity index (χ1n) is 4.63. The van der Waals surface area contributed by atoms with Crippen LogP contribution in [-0.2, 0) is 0 Å². The van der Waals surface area contributed by atoms with Crippen molar-refractivity contribution in [2.24, 2.45) is 5.41 Å². The van der Waals surface area contributed by atoms with E-state index in [4.69, 9.17) is 0 Å². The molecule has 3 fully saturated rings. The van der Waals surface area contributed by atoms with Gasteiger partial charge in [-0.25, -0.2) is 0 Å². The average Bonchev–Trinajstić information content (AvgIpc) is 1.96. The first kappa shape index (κ1) is 10.4. The monoisotopic (exact) mass is 267 g/mol. The average molecular weight is 266 g/mol. The molecule has 0 atom stereocenters. The van der Waals surface area contributed by atoms with Crippen LogP contribution >= 0.6 is 5.96 Å². The van der Waals surface area contributed by atoms with Gasteiger partial charge in [0, 0.05) is 0 Å². The number of nitrogens with zero attached hydrogens (tertiary/aromatic N) is 3. The van der Waals surface area contributed by atoms with E-state index in [1.54, 1.807) is 0 Å². The quantitative estimate of drug-likeness (QED) is 0.471. The molecule has 3 aliphatic heterocycles. The first-order valence-corrected chi connectivity index (χ1v) is 8.50. The molecule has 3 nitrogen and oxygen atoms in total. The summed E-state index contributed by atoms with van der Waals surface area (Å²) < 4.78 is 7.54. The van der Waals surface area contributed by atoms with E-state index in [0.717, 1.165) is 0 Å². The van der Waals surface area contributed by atoms with E-state index >= 15 is 0 Å². The van der Waals surface area contributed by atoms with E-state index in [-0.39, 0.29) is 0 Å². The third-order valence-electron chi connectivity index (χ3n) is 3.17. The topological polar surface area (TPSA) is 9.72 Å². The maximum atomic E-state index is 3.44. The second kappa shape index (κ2) is 2.91. The van der Waals surface area contributed by atoms with Gasteiger partial charge in [0.2, 0.25) is 0 Å². The second-order valence-electron chi connectivity index (χ2n) is 4.77. The van der Waals surface area contributed by atoms with Gasteiger partial charge >= 0.3 is 88.2 Å². The molecule has 0 amide bonds. The summed E-state index contributed by atoms with van der Waals surface area (Å²) in [6, 6.07) is 0.